The number of aromatic nitrogens is 1. The van der Waals surface area contributed by atoms with Gasteiger partial charge in [-0.15, -0.1) is 0 Å². The molecule has 182 valence electrons. The Hall–Kier alpha value is -3.32. The molecule has 2 fully saturated rings. The highest BCUT2D eigenvalue weighted by molar-refractivity contribution is 7.80. The molecule has 2 aliphatic heterocycles. The van der Waals surface area contributed by atoms with Crippen LogP contribution in [0.3, 0.4) is 0 Å². The number of nitrogens with one attached hydrogen (secondary N) is 1. The number of hydrogen-bond acceptors (Lipinski definition) is 3. The third kappa shape index (κ3) is 4.91. The third-order valence-corrected chi connectivity index (χ3v) is 7.88. The van der Waals surface area contributed by atoms with Crippen molar-refractivity contribution in [3.05, 3.63) is 84.2 Å². The van der Waals surface area contributed by atoms with Gasteiger partial charge >= 0.3 is 0 Å². The highest BCUT2D eigenvalue weighted by Gasteiger charge is 2.42. The zero-order valence-corrected chi connectivity index (χ0v) is 21.0. The molecule has 0 unspecified atom stereocenters. The van der Waals surface area contributed by atoms with Crippen LogP contribution >= 0.6 is 12.2 Å². The number of thiocarbonyl (C=S) groups is 1. The van der Waals surface area contributed by atoms with E-state index < -0.39 is 0 Å². The zero-order chi connectivity index (χ0) is 24.3. The Labute approximate surface area is 212 Å². The van der Waals surface area contributed by atoms with Crippen LogP contribution in [0.2, 0.25) is 0 Å². The molecule has 1 spiro atoms. The van der Waals surface area contributed by atoms with Crippen molar-refractivity contribution in [2.75, 3.05) is 33.3 Å². The molecule has 3 heterocycles. The largest absolute Gasteiger partial charge is 0.496 e. The molecule has 2 saturated heterocycles. The lowest BCUT2D eigenvalue weighted by Gasteiger charge is -2.39. The van der Waals surface area contributed by atoms with E-state index in [0.29, 0.717) is 6.54 Å². The summed E-state index contributed by atoms with van der Waals surface area (Å²) in [6, 6.07) is 19.8. The molecular weight excluding hydrogens is 456 g/mol. The number of nitrogens with zero attached hydrogens (tertiary/aromatic N) is 3. The van der Waals surface area contributed by atoms with Crippen LogP contribution in [0.25, 0.3) is 5.69 Å². The quantitative estimate of drug-likeness (QED) is 0.537. The first-order valence-corrected chi connectivity index (χ1v) is 12.7. The first-order chi connectivity index (χ1) is 17.1. The van der Waals surface area contributed by atoms with Crippen molar-refractivity contribution < 1.29 is 9.53 Å². The maximum atomic E-state index is 13.4. The normalized spacial score (nSPS) is 16.9. The fraction of sp³-hybridized carbons (Fsp3) is 0.357. The summed E-state index contributed by atoms with van der Waals surface area (Å²) in [4.78, 5) is 17.7. The molecule has 2 aliphatic rings. The number of rotatable bonds is 5. The van der Waals surface area contributed by atoms with Crippen molar-refractivity contribution in [2.45, 2.75) is 25.8 Å². The Bertz CT molecular complexity index is 1190. The number of hydrogen-bond donors (Lipinski definition) is 1. The van der Waals surface area contributed by atoms with E-state index in [2.05, 4.69) is 16.3 Å². The van der Waals surface area contributed by atoms with E-state index in [1.54, 1.807) is 7.11 Å². The summed E-state index contributed by atoms with van der Waals surface area (Å²) in [6.45, 7) is 4.13. The van der Waals surface area contributed by atoms with Crippen molar-refractivity contribution >= 4 is 23.2 Å². The molecule has 35 heavy (non-hydrogen) atoms. The predicted molar refractivity (Wildman–Crippen MR) is 142 cm³/mol. The molecular formula is C28H32N4O2S. The molecule has 7 heteroatoms. The smallest absolute Gasteiger partial charge is 0.255 e. The second-order valence-corrected chi connectivity index (χ2v) is 9.93. The molecule has 5 rings (SSSR count). The van der Waals surface area contributed by atoms with E-state index in [4.69, 9.17) is 17.0 Å². The SMILES string of the molecule is COc1ccccc1CNC(=S)N1CCC2(CCN(C(=O)c3ccccc3-n3cccc3)CC2)C1. The summed E-state index contributed by atoms with van der Waals surface area (Å²) in [5, 5.41) is 4.21. The summed E-state index contributed by atoms with van der Waals surface area (Å²) in [5.41, 5.74) is 3.02. The van der Waals surface area contributed by atoms with Crippen LogP contribution in [0.5, 0.6) is 5.75 Å². The van der Waals surface area contributed by atoms with Gasteiger partial charge in [0, 0.05) is 50.7 Å². The Kier molecular flexibility index (Phi) is 6.77. The topological polar surface area (TPSA) is 49.7 Å². The van der Waals surface area contributed by atoms with Crippen LogP contribution in [-0.4, -0.2) is 58.7 Å². The number of carbonyl (C=O) groups is 1. The highest BCUT2D eigenvalue weighted by Crippen LogP contribution is 2.40. The molecule has 0 radical (unpaired) electrons. The number of carbonyl (C=O) groups excluding carboxylic acids is 1. The van der Waals surface area contributed by atoms with Crippen molar-refractivity contribution in [2.24, 2.45) is 5.41 Å². The van der Waals surface area contributed by atoms with Crippen molar-refractivity contribution in [3.63, 3.8) is 0 Å². The highest BCUT2D eigenvalue weighted by atomic mass is 32.1. The molecule has 2 aromatic carbocycles. The van der Waals surface area contributed by atoms with E-state index in [9.17, 15) is 4.79 Å². The van der Waals surface area contributed by atoms with Gasteiger partial charge in [0.05, 0.1) is 18.4 Å². The first-order valence-electron chi connectivity index (χ1n) is 12.2. The van der Waals surface area contributed by atoms with Crippen molar-refractivity contribution in [3.8, 4) is 11.4 Å². The van der Waals surface area contributed by atoms with Gasteiger partial charge in [0.25, 0.3) is 5.91 Å². The van der Waals surface area contributed by atoms with Crippen LogP contribution in [0.15, 0.2) is 73.1 Å². The average Bonchev–Trinajstić information content (AvgIpc) is 3.59. The lowest BCUT2D eigenvalue weighted by Crippen LogP contribution is -2.45. The number of para-hydroxylation sites is 2. The molecule has 0 bridgehead atoms. The van der Waals surface area contributed by atoms with Crippen LogP contribution in [-0.2, 0) is 6.54 Å². The summed E-state index contributed by atoms with van der Waals surface area (Å²) in [5.74, 6) is 0.990. The number of likely N-dealkylation sites (tertiary alicyclic amines) is 2. The Morgan fingerprint density at radius 1 is 0.943 bits per heavy atom. The second kappa shape index (κ2) is 10.1. The maximum Gasteiger partial charge on any atom is 0.255 e. The first kappa shape index (κ1) is 23.4. The minimum atomic E-state index is 0.119. The van der Waals surface area contributed by atoms with Gasteiger partial charge in [-0.3, -0.25) is 4.79 Å². The van der Waals surface area contributed by atoms with Gasteiger partial charge in [-0.1, -0.05) is 30.3 Å². The molecule has 6 nitrogen and oxygen atoms in total. The summed E-state index contributed by atoms with van der Waals surface area (Å²) in [6.07, 6.45) is 7.10. The summed E-state index contributed by atoms with van der Waals surface area (Å²) in [7, 11) is 1.69. The number of benzene rings is 2. The molecule has 0 aliphatic carbocycles. The second-order valence-electron chi connectivity index (χ2n) is 9.54. The number of methoxy groups -OCH3 is 1. The van der Waals surface area contributed by atoms with Gasteiger partial charge in [0.1, 0.15) is 5.75 Å². The Balaban J connectivity index is 1.17. The van der Waals surface area contributed by atoms with Crippen LogP contribution in [0.4, 0.5) is 0 Å². The van der Waals surface area contributed by atoms with E-state index >= 15 is 0 Å². The molecule has 0 atom stereocenters. The van der Waals surface area contributed by atoms with E-state index in [-0.39, 0.29) is 11.3 Å². The summed E-state index contributed by atoms with van der Waals surface area (Å²) < 4.78 is 7.46. The van der Waals surface area contributed by atoms with Gasteiger partial charge in [-0.05, 0) is 67.2 Å². The van der Waals surface area contributed by atoms with Gasteiger partial charge < -0.3 is 24.4 Å². The zero-order valence-electron chi connectivity index (χ0n) is 20.2. The molecule has 3 aromatic rings. The lowest BCUT2D eigenvalue weighted by atomic mass is 9.77. The van der Waals surface area contributed by atoms with E-state index in [1.165, 1.54) is 0 Å². The predicted octanol–water partition coefficient (Wildman–Crippen LogP) is 4.49. The van der Waals surface area contributed by atoms with Crippen LogP contribution < -0.4 is 10.1 Å². The van der Waals surface area contributed by atoms with E-state index in [0.717, 1.165) is 73.1 Å². The third-order valence-electron chi connectivity index (χ3n) is 7.48. The molecule has 0 saturated carbocycles. The Morgan fingerprint density at radius 3 is 2.34 bits per heavy atom. The minimum Gasteiger partial charge on any atom is -0.496 e. The average molecular weight is 489 g/mol. The van der Waals surface area contributed by atoms with Gasteiger partial charge in [-0.2, -0.15) is 0 Å². The van der Waals surface area contributed by atoms with Gasteiger partial charge in [-0.25, -0.2) is 0 Å². The molecule has 1 aromatic heterocycles. The Morgan fingerprint density at radius 2 is 1.60 bits per heavy atom. The minimum absolute atomic E-state index is 0.119. The molecule has 1 amide bonds. The fourth-order valence-electron chi connectivity index (χ4n) is 5.38. The van der Waals surface area contributed by atoms with Gasteiger partial charge in [0.2, 0.25) is 0 Å². The van der Waals surface area contributed by atoms with Crippen LogP contribution in [0, 0.1) is 5.41 Å². The monoisotopic (exact) mass is 488 g/mol. The maximum absolute atomic E-state index is 13.4. The van der Waals surface area contributed by atoms with Gasteiger partial charge in [0.15, 0.2) is 5.11 Å². The standard InChI is InChI=1S/C28H32N4O2S/c1-34-25-11-5-2-8-22(25)20-29-27(35)32-19-14-28(21-32)12-17-31(18-13-28)26(33)23-9-3-4-10-24(23)30-15-6-7-16-30/h2-11,15-16H,12-14,17-21H2,1H3,(H,29,35). The van der Waals surface area contributed by atoms with Crippen molar-refractivity contribution in [1.29, 1.82) is 0 Å². The number of amides is 1. The van der Waals surface area contributed by atoms with Crippen molar-refractivity contribution in [1.82, 2.24) is 19.7 Å². The van der Waals surface area contributed by atoms with E-state index in [1.807, 2.05) is 76.5 Å². The van der Waals surface area contributed by atoms with Crippen LogP contribution in [0.1, 0.15) is 35.2 Å². The molecule has 1 N–H and O–H groups in total. The number of ether oxygens (including phenoxy) is 1. The fourth-order valence-corrected chi connectivity index (χ4v) is 5.61. The number of piperidine rings is 1. The lowest BCUT2D eigenvalue weighted by molar-refractivity contribution is 0.0598. The summed E-state index contributed by atoms with van der Waals surface area (Å²) >= 11 is 5.73.